The summed E-state index contributed by atoms with van der Waals surface area (Å²) < 4.78 is 0. The van der Waals surface area contributed by atoms with E-state index in [1.807, 2.05) is 10.1 Å². The van der Waals surface area contributed by atoms with Crippen LogP contribution in [0.4, 0.5) is 0 Å². The Morgan fingerprint density at radius 2 is 0.692 bits per heavy atom. The topological polar surface area (TPSA) is 84.0 Å². The Labute approximate surface area is 319 Å². The number of carbonyl (C=O) groups excluding carboxylic acids is 2. The average Bonchev–Trinajstić information content (AvgIpc) is 3.02. The van der Waals surface area contributed by atoms with E-state index in [0.717, 1.165) is 64.6 Å². The van der Waals surface area contributed by atoms with Crippen molar-refractivity contribution in [1.82, 2.24) is 20.3 Å². The van der Waals surface area contributed by atoms with Crippen LogP contribution in [0.5, 0.6) is 0 Å². The minimum atomic E-state index is -0.277. The molecule has 0 aromatic heterocycles. The fourth-order valence-corrected chi connectivity index (χ4v) is 8.26. The first-order valence-corrected chi connectivity index (χ1v) is 21.3. The van der Waals surface area contributed by atoms with Gasteiger partial charge in [0.25, 0.3) is 0 Å². The Morgan fingerprint density at radius 3 is 1.00 bits per heavy atom. The molecule has 2 heterocycles. The van der Waals surface area contributed by atoms with Gasteiger partial charge in [0.1, 0.15) is 0 Å². The van der Waals surface area contributed by atoms with Crippen LogP contribution in [-0.2, 0) is 28.9 Å². The lowest BCUT2D eigenvalue weighted by atomic mass is 9.92. The number of hydroxylamine groups is 8. The van der Waals surface area contributed by atoms with E-state index in [2.05, 4.69) is 79.4 Å². The van der Waals surface area contributed by atoms with E-state index < -0.39 is 0 Å². The molecule has 0 aliphatic carbocycles. The quantitative estimate of drug-likeness (QED) is 0.0760. The molecule has 0 amide bonds. The molecule has 2 saturated heterocycles. The fourth-order valence-electron chi connectivity index (χ4n) is 8.26. The van der Waals surface area contributed by atoms with Crippen LogP contribution in [0.25, 0.3) is 0 Å². The SMILES string of the molecule is CCCCCCCCON1C(C)(C)CN(OC(=O)CCCCCCCCC(=O)ON2CC(C)(C)N(OCCCCCCCC)C(C)(C)C2)CC1(C)C. The van der Waals surface area contributed by atoms with Crippen molar-refractivity contribution in [3.05, 3.63) is 0 Å². The summed E-state index contributed by atoms with van der Waals surface area (Å²) >= 11 is 0. The zero-order valence-corrected chi connectivity index (χ0v) is 35.6. The summed E-state index contributed by atoms with van der Waals surface area (Å²) in [7, 11) is 0. The van der Waals surface area contributed by atoms with Crippen molar-refractivity contribution >= 4 is 11.9 Å². The van der Waals surface area contributed by atoms with Crippen LogP contribution in [0, 0.1) is 0 Å². The number of nitrogens with zero attached hydrogens (tertiary/aromatic N) is 4. The molecule has 0 N–H and O–H groups in total. The Morgan fingerprint density at radius 1 is 0.423 bits per heavy atom. The van der Waals surface area contributed by atoms with Crippen LogP contribution in [0.3, 0.4) is 0 Å². The van der Waals surface area contributed by atoms with Crippen molar-refractivity contribution in [3.8, 4) is 0 Å². The van der Waals surface area contributed by atoms with Gasteiger partial charge in [0.2, 0.25) is 0 Å². The highest BCUT2D eigenvalue weighted by Crippen LogP contribution is 2.34. The second-order valence-corrected chi connectivity index (χ2v) is 18.2. The Hall–Kier alpha value is -1.30. The monoisotopic (exact) mass is 739 g/mol. The highest BCUT2D eigenvalue weighted by Gasteiger charge is 2.48. The summed E-state index contributed by atoms with van der Waals surface area (Å²) in [6, 6.07) is 0. The van der Waals surface area contributed by atoms with E-state index in [1.54, 1.807) is 0 Å². The van der Waals surface area contributed by atoms with Gasteiger partial charge in [0.05, 0.1) is 61.5 Å². The smallest absolute Gasteiger partial charge is 0.325 e. The van der Waals surface area contributed by atoms with Crippen LogP contribution in [0.2, 0.25) is 0 Å². The summed E-state index contributed by atoms with van der Waals surface area (Å²) in [5, 5.41) is 7.93. The molecular weight excluding hydrogens is 656 g/mol. The summed E-state index contributed by atoms with van der Waals surface area (Å²) in [6.45, 7) is 25.7. The van der Waals surface area contributed by atoms with Crippen molar-refractivity contribution in [2.24, 2.45) is 0 Å². The number of hydrogen-bond acceptors (Lipinski definition) is 10. The molecule has 0 unspecified atom stereocenters. The van der Waals surface area contributed by atoms with Gasteiger partial charge in [-0.3, -0.25) is 19.3 Å². The van der Waals surface area contributed by atoms with E-state index in [-0.39, 0.29) is 34.1 Å². The molecule has 0 aromatic carbocycles. The predicted molar refractivity (Wildman–Crippen MR) is 211 cm³/mol. The molecule has 2 fully saturated rings. The second-order valence-electron chi connectivity index (χ2n) is 18.2. The Kier molecular flexibility index (Phi) is 21.2. The number of rotatable bonds is 27. The molecule has 0 atom stereocenters. The minimum absolute atomic E-state index is 0.160. The minimum Gasteiger partial charge on any atom is -0.368 e. The molecular formula is C42H82N4O6. The molecule has 0 spiro atoms. The maximum Gasteiger partial charge on any atom is 0.325 e. The van der Waals surface area contributed by atoms with E-state index in [9.17, 15) is 9.59 Å². The maximum absolute atomic E-state index is 12.7. The molecule has 2 rings (SSSR count). The van der Waals surface area contributed by atoms with Gasteiger partial charge in [0, 0.05) is 12.8 Å². The second kappa shape index (κ2) is 23.6. The molecule has 2 aliphatic rings. The fraction of sp³-hybridized carbons (Fsp3) is 0.952. The van der Waals surface area contributed by atoms with Crippen molar-refractivity contribution in [2.75, 3.05) is 39.4 Å². The molecule has 10 heteroatoms. The highest BCUT2D eigenvalue weighted by molar-refractivity contribution is 5.69. The van der Waals surface area contributed by atoms with Gasteiger partial charge in [-0.25, -0.2) is 0 Å². The summed E-state index contributed by atoms with van der Waals surface area (Å²) in [5.74, 6) is -0.320. The first kappa shape index (κ1) is 46.9. The number of carbonyl (C=O) groups is 2. The first-order valence-electron chi connectivity index (χ1n) is 21.3. The van der Waals surface area contributed by atoms with Crippen molar-refractivity contribution in [1.29, 1.82) is 0 Å². The first-order chi connectivity index (χ1) is 24.5. The van der Waals surface area contributed by atoms with Gasteiger partial charge in [-0.05, 0) is 81.1 Å². The predicted octanol–water partition coefficient (Wildman–Crippen LogP) is 9.96. The molecule has 52 heavy (non-hydrogen) atoms. The molecule has 0 radical (unpaired) electrons. The van der Waals surface area contributed by atoms with E-state index in [1.165, 1.54) is 64.2 Å². The van der Waals surface area contributed by atoms with E-state index >= 15 is 0 Å². The normalized spacial score (nSPS) is 20.6. The zero-order chi connectivity index (χ0) is 38.7. The lowest BCUT2D eigenvalue weighted by molar-refractivity contribution is -0.322. The zero-order valence-electron chi connectivity index (χ0n) is 35.6. The van der Waals surface area contributed by atoms with Crippen LogP contribution in [0.1, 0.15) is 198 Å². The molecule has 0 aromatic rings. The van der Waals surface area contributed by atoms with Crippen molar-refractivity contribution < 1.29 is 28.9 Å². The van der Waals surface area contributed by atoms with E-state index in [4.69, 9.17) is 19.4 Å². The lowest BCUT2D eigenvalue weighted by Gasteiger charge is -2.53. The third-order valence-electron chi connectivity index (χ3n) is 10.4. The summed E-state index contributed by atoms with van der Waals surface area (Å²) in [4.78, 5) is 49.8. The molecule has 0 saturated carbocycles. The number of hydrogen-bond donors (Lipinski definition) is 0. The van der Waals surface area contributed by atoms with Gasteiger partial charge >= 0.3 is 11.9 Å². The van der Waals surface area contributed by atoms with Crippen LogP contribution in [-0.4, -0.2) is 93.7 Å². The summed E-state index contributed by atoms with van der Waals surface area (Å²) in [5.41, 5.74) is -1.11. The average molecular weight is 739 g/mol. The van der Waals surface area contributed by atoms with Crippen LogP contribution in [0.15, 0.2) is 0 Å². The van der Waals surface area contributed by atoms with Gasteiger partial charge in [-0.1, -0.05) is 104 Å². The van der Waals surface area contributed by atoms with Gasteiger partial charge in [0.15, 0.2) is 0 Å². The largest absolute Gasteiger partial charge is 0.368 e. The van der Waals surface area contributed by atoms with Crippen molar-refractivity contribution in [3.63, 3.8) is 0 Å². The molecule has 2 aliphatic heterocycles. The molecule has 10 nitrogen and oxygen atoms in total. The molecule has 0 bridgehead atoms. The van der Waals surface area contributed by atoms with Crippen LogP contribution >= 0.6 is 0 Å². The summed E-state index contributed by atoms with van der Waals surface area (Å²) in [6.07, 6.45) is 21.4. The molecule has 306 valence electrons. The third kappa shape index (κ3) is 17.4. The third-order valence-corrected chi connectivity index (χ3v) is 10.4. The van der Waals surface area contributed by atoms with Crippen LogP contribution < -0.4 is 0 Å². The standard InChI is InChI=1S/C42H82N4O6/c1-11-13-15-17-23-27-31-49-45-39(3,4)33-43(34-40(45,5)6)51-37(47)29-25-21-19-20-22-26-30-38(48)52-44-35-41(7,8)46(42(9,10)36-44)50-32-28-24-18-16-14-12-2/h11-36H2,1-10H3. The Bertz CT molecular complexity index is 889. The van der Waals surface area contributed by atoms with E-state index in [0.29, 0.717) is 39.0 Å². The lowest BCUT2D eigenvalue weighted by Crippen LogP contribution is -2.68. The van der Waals surface area contributed by atoms with Gasteiger partial charge in [-0.15, -0.1) is 10.1 Å². The number of unbranched alkanes of at least 4 members (excludes halogenated alkanes) is 15. The Balaban J connectivity index is 1.57. The maximum atomic E-state index is 12.7. The highest BCUT2D eigenvalue weighted by atomic mass is 16.7. The van der Waals surface area contributed by atoms with Crippen molar-refractivity contribution in [2.45, 2.75) is 220 Å². The van der Waals surface area contributed by atoms with Gasteiger partial charge in [-0.2, -0.15) is 10.1 Å². The van der Waals surface area contributed by atoms with Gasteiger partial charge < -0.3 is 9.68 Å². The number of piperazine rings is 2.